The number of hydrogen-bond donors (Lipinski definition) is 0. The number of hydrogen-bond acceptors (Lipinski definition) is 1. The molecule has 1 nitrogen and oxygen atoms in total. The van der Waals surface area contributed by atoms with E-state index in [-0.39, 0.29) is 5.78 Å². The molecule has 0 heterocycles. The summed E-state index contributed by atoms with van der Waals surface area (Å²) in [5.41, 5.74) is 1.98. The van der Waals surface area contributed by atoms with Crippen molar-refractivity contribution in [3.05, 3.63) is 67.6 Å². The Kier molecular flexibility index (Phi) is 7.90. The van der Waals surface area contributed by atoms with Gasteiger partial charge in [-0.3, -0.25) is 4.79 Å². The lowest BCUT2D eigenvalue weighted by atomic mass is 10.0. The molecule has 0 amide bonds. The number of rotatable bonds is 8. The van der Waals surface area contributed by atoms with Gasteiger partial charge >= 0.3 is 0 Å². The van der Waals surface area contributed by atoms with Crippen LogP contribution in [0.4, 0.5) is 0 Å². The lowest BCUT2D eigenvalue weighted by Gasteiger charge is -2.06. The third-order valence-corrected chi connectivity index (χ3v) is 5.03. The smallest absolute Gasteiger partial charge is 0.132 e. The van der Waals surface area contributed by atoms with E-state index in [0.29, 0.717) is 32.9 Å². The van der Waals surface area contributed by atoms with Crippen molar-refractivity contribution in [2.45, 2.75) is 38.5 Å². The number of aryl methyl sites for hydroxylation is 2. The van der Waals surface area contributed by atoms with E-state index in [4.69, 9.17) is 46.4 Å². The summed E-state index contributed by atoms with van der Waals surface area (Å²) in [6, 6.07) is 10.8. The van der Waals surface area contributed by atoms with E-state index in [9.17, 15) is 4.79 Å². The van der Waals surface area contributed by atoms with Crippen LogP contribution in [0.2, 0.25) is 20.1 Å². The summed E-state index contributed by atoms with van der Waals surface area (Å²) < 4.78 is 0. The summed E-state index contributed by atoms with van der Waals surface area (Å²) in [6.45, 7) is 0. The molecule has 0 aliphatic heterocycles. The average molecular weight is 404 g/mol. The molecule has 5 heteroatoms. The predicted octanol–water partition coefficient (Wildman–Crippen LogP) is 7.21. The van der Waals surface area contributed by atoms with Crippen LogP contribution in [0, 0.1) is 0 Å². The van der Waals surface area contributed by atoms with Gasteiger partial charge in [0.25, 0.3) is 0 Å². The zero-order chi connectivity index (χ0) is 17.5. The van der Waals surface area contributed by atoms with Crippen LogP contribution in [0.15, 0.2) is 36.4 Å². The maximum atomic E-state index is 12.0. The minimum Gasteiger partial charge on any atom is -0.300 e. The Bertz CT molecular complexity index is 653. The molecule has 0 bridgehead atoms. The fourth-order valence-electron chi connectivity index (χ4n) is 2.55. The van der Waals surface area contributed by atoms with E-state index in [1.54, 1.807) is 24.3 Å². The highest BCUT2D eigenvalue weighted by atomic mass is 35.5. The highest BCUT2D eigenvalue weighted by molar-refractivity contribution is 6.34. The van der Waals surface area contributed by atoms with Crippen molar-refractivity contribution in [1.29, 1.82) is 0 Å². The van der Waals surface area contributed by atoms with Crippen molar-refractivity contribution in [2.24, 2.45) is 0 Å². The van der Waals surface area contributed by atoms with E-state index in [1.165, 1.54) is 0 Å². The minimum atomic E-state index is 0.256. The summed E-state index contributed by atoms with van der Waals surface area (Å²) in [5.74, 6) is 0.256. The number of carbonyl (C=O) groups is 1. The summed E-state index contributed by atoms with van der Waals surface area (Å²) in [7, 11) is 0. The second-order valence-corrected chi connectivity index (χ2v) is 7.40. The third-order valence-electron chi connectivity index (χ3n) is 3.82. The fourth-order valence-corrected chi connectivity index (χ4v) is 3.36. The SMILES string of the molecule is O=C(CCCc1cc(Cl)ccc1Cl)CCCc1cc(Cl)ccc1Cl. The Labute approximate surface area is 162 Å². The number of halogens is 4. The van der Waals surface area contributed by atoms with Gasteiger partial charge in [-0.15, -0.1) is 0 Å². The average Bonchev–Trinajstić information content (AvgIpc) is 2.54. The monoisotopic (exact) mass is 402 g/mol. The lowest BCUT2D eigenvalue weighted by molar-refractivity contribution is -0.119. The number of Topliss-reactive ketones (excluding diaryl/α,β-unsaturated/α-hetero) is 1. The number of ketones is 1. The van der Waals surface area contributed by atoms with Gasteiger partial charge in [0.15, 0.2) is 0 Å². The molecule has 128 valence electrons. The van der Waals surface area contributed by atoms with Crippen LogP contribution in [0.3, 0.4) is 0 Å². The summed E-state index contributed by atoms with van der Waals surface area (Å²) >= 11 is 24.2. The van der Waals surface area contributed by atoms with Crippen LogP contribution in [0.1, 0.15) is 36.8 Å². The number of carbonyl (C=O) groups excluding carboxylic acids is 1. The molecule has 0 radical (unpaired) electrons. The highest BCUT2D eigenvalue weighted by Crippen LogP contribution is 2.24. The van der Waals surface area contributed by atoms with Gasteiger partial charge in [0.1, 0.15) is 5.78 Å². The van der Waals surface area contributed by atoms with E-state index < -0.39 is 0 Å². The molecule has 2 aromatic rings. The van der Waals surface area contributed by atoms with E-state index in [2.05, 4.69) is 0 Å². The summed E-state index contributed by atoms with van der Waals surface area (Å²) in [5, 5.41) is 2.73. The molecule has 2 aromatic carbocycles. The van der Waals surface area contributed by atoms with E-state index in [0.717, 1.165) is 36.8 Å². The molecule has 0 atom stereocenters. The van der Waals surface area contributed by atoms with Gasteiger partial charge in [-0.05, 0) is 73.2 Å². The zero-order valence-corrected chi connectivity index (χ0v) is 16.2. The third kappa shape index (κ3) is 6.29. The standard InChI is InChI=1S/C19H18Cl4O/c20-15-7-9-18(22)13(11-15)3-1-5-17(24)6-2-4-14-12-16(21)8-10-19(14)23/h7-12H,1-6H2. The van der Waals surface area contributed by atoms with Crippen LogP contribution in [-0.2, 0) is 17.6 Å². The Hall–Kier alpha value is -0.730. The van der Waals surface area contributed by atoms with E-state index >= 15 is 0 Å². The Balaban J connectivity index is 1.72. The van der Waals surface area contributed by atoms with Crippen molar-refractivity contribution in [3.63, 3.8) is 0 Å². The van der Waals surface area contributed by atoms with Crippen molar-refractivity contribution in [1.82, 2.24) is 0 Å². The second kappa shape index (κ2) is 9.68. The summed E-state index contributed by atoms with van der Waals surface area (Å²) in [6.07, 6.45) is 4.16. The van der Waals surface area contributed by atoms with Crippen LogP contribution in [0.5, 0.6) is 0 Å². The van der Waals surface area contributed by atoms with Gasteiger partial charge in [-0.2, -0.15) is 0 Å². The van der Waals surface area contributed by atoms with Gasteiger partial charge < -0.3 is 0 Å². The van der Waals surface area contributed by atoms with Gasteiger partial charge in [-0.1, -0.05) is 46.4 Å². The Morgan fingerprint density at radius 1 is 0.708 bits per heavy atom. The van der Waals surface area contributed by atoms with Crippen molar-refractivity contribution in [3.8, 4) is 0 Å². The van der Waals surface area contributed by atoms with Crippen LogP contribution < -0.4 is 0 Å². The predicted molar refractivity (Wildman–Crippen MR) is 104 cm³/mol. The van der Waals surface area contributed by atoms with Gasteiger partial charge in [0.05, 0.1) is 0 Å². The molecule has 0 aromatic heterocycles. The first-order chi connectivity index (χ1) is 11.5. The Morgan fingerprint density at radius 3 is 1.54 bits per heavy atom. The molecule has 0 N–H and O–H groups in total. The largest absolute Gasteiger partial charge is 0.300 e. The molecule has 0 fully saturated rings. The molecule has 0 saturated carbocycles. The van der Waals surface area contributed by atoms with Crippen LogP contribution in [0.25, 0.3) is 0 Å². The number of benzene rings is 2. The highest BCUT2D eigenvalue weighted by Gasteiger charge is 2.07. The molecule has 0 saturated heterocycles. The second-order valence-electron chi connectivity index (χ2n) is 5.72. The van der Waals surface area contributed by atoms with E-state index in [1.807, 2.05) is 12.1 Å². The van der Waals surface area contributed by atoms with Crippen LogP contribution >= 0.6 is 46.4 Å². The quantitative estimate of drug-likeness (QED) is 0.454. The van der Waals surface area contributed by atoms with Crippen molar-refractivity contribution in [2.75, 3.05) is 0 Å². The topological polar surface area (TPSA) is 17.1 Å². The lowest BCUT2D eigenvalue weighted by Crippen LogP contribution is -2.00. The first-order valence-corrected chi connectivity index (χ1v) is 9.36. The molecule has 2 rings (SSSR count). The molecular weight excluding hydrogens is 386 g/mol. The maximum Gasteiger partial charge on any atom is 0.132 e. The fraction of sp³-hybridized carbons (Fsp3) is 0.316. The summed E-state index contributed by atoms with van der Waals surface area (Å²) in [4.78, 5) is 12.0. The molecule has 0 spiro atoms. The van der Waals surface area contributed by atoms with Crippen molar-refractivity contribution >= 4 is 52.2 Å². The molecule has 0 aliphatic carbocycles. The molecule has 24 heavy (non-hydrogen) atoms. The Morgan fingerprint density at radius 2 is 1.12 bits per heavy atom. The molecule has 0 aliphatic rings. The normalized spacial score (nSPS) is 10.8. The van der Waals surface area contributed by atoms with Gasteiger partial charge in [0, 0.05) is 32.9 Å². The first-order valence-electron chi connectivity index (χ1n) is 7.85. The minimum absolute atomic E-state index is 0.256. The first kappa shape index (κ1) is 19.6. The van der Waals surface area contributed by atoms with Gasteiger partial charge in [-0.25, -0.2) is 0 Å². The maximum absolute atomic E-state index is 12.0. The molecule has 0 unspecified atom stereocenters. The van der Waals surface area contributed by atoms with Crippen LogP contribution in [-0.4, -0.2) is 5.78 Å². The molecular formula is C19H18Cl4O. The van der Waals surface area contributed by atoms with Gasteiger partial charge in [0.2, 0.25) is 0 Å². The zero-order valence-electron chi connectivity index (χ0n) is 13.1. The van der Waals surface area contributed by atoms with Crippen molar-refractivity contribution < 1.29 is 4.79 Å².